The van der Waals surface area contributed by atoms with E-state index < -0.39 is 0 Å². The smallest absolute Gasteiger partial charge is 0.0925 e. The molecule has 18 heavy (non-hydrogen) atoms. The molecule has 2 aromatic heterocycles. The minimum absolute atomic E-state index is 0.997. The Morgan fingerprint density at radius 1 is 0.889 bits per heavy atom. The summed E-state index contributed by atoms with van der Waals surface area (Å²) in [6.07, 6.45) is 3.53. The standard InChI is InChI=1S/C12H18N4S2/c1-9-11(15-7-13-9)5-17-3-4-18-6-12-10(2)14-8-16-12/h7-8H,3-6H2,1-2H3,(H,13,15)(H,14,16). The second kappa shape index (κ2) is 6.89. The molecule has 2 N–H and O–H groups in total. The summed E-state index contributed by atoms with van der Waals surface area (Å²) in [5.41, 5.74) is 4.71. The third-order valence-corrected chi connectivity index (χ3v) is 4.92. The lowest BCUT2D eigenvalue weighted by atomic mass is 10.4. The molecule has 98 valence electrons. The number of hydrogen-bond acceptors (Lipinski definition) is 4. The Morgan fingerprint density at radius 2 is 1.33 bits per heavy atom. The Balaban J connectivity index is 1.57. The summed E-state index contributed by atoms with van der Waals surface area (Å²) in [5.74, 6) is 4.30. The molecule has 0 aliphatic rings. The van der Waals surface area contributed by atoms with Gasteiger partial charge >= 0.3 is 0 Å². The Bertz CT molecular complexity index is 434. The summed E-state index contributed by atoms with van der Waals surface area (Å²) in [7, 11) is 0. The fraction of sp³-hybridized carbons (Fsp3) is 0.500. The Kier molecular flexibility index (Phi) is 5.19. The van der Waals surface area contributed by atoms with Gasteiger partial charge in [0.15, 0.2) is 0 Å². The molecule has 0 aliphatic carbocycles. The van der Waals surface area contributed by atoms with Crippen LogP contribution in [0.25, 0.3) is 0 Å². The average molecular weight is 282 g/mol. The summed E-state index contributed by atoms with van der Waals surface area (Å²) in [5, 5.41) is 0. The summed E-state index contributed by atoms with van der Waals surface area (Å²) in [4.78, 5) is 14.8. The van der Waals surface area contributed by atoms with Gasteiger partial charge in [0.1, 0.15) is 0 Å². The van der Waals surface area contributed by atoms with Gasteiger partial charge < -0.3 is 9.97 Å². The number of nitrogens with one attached hydrogen (secondary N) is 2. The zero-order valence-electron chi connectivity index (χ0n) is 10.7. The topological polar surface area (TPSA) is 57.4 Å². The molecule has 6 heteroatoms. The maximum Gasteiger partial charge on any atom is 0.0925 e. The predicted molar refractivity (Wildman–Crippen MR) is 79.0 cm³/mol. The first-order valence-corrected chi connectivity index (χ1v) is 8.21. The maximum absolute atomic E-state index is 4.29. The van der Waals surface area contributed by atoms with Crippen molar-refractivity contribution in [2.75, 3.05) is 11.5 Å². The van der Waals surface area contributed by atoms with Gasteiger partial charge in [0.25, 0.3) is 0 Å². The number of hydrogen-bond donors (Lipinski definition) is 2. The second-order valence-corrected chi connectivity index (χ2v) is 6.26. The number of rotatable bonds is 7. The van der Waals surface area contributed by atoms with Crippen LogP contribution in [0.1, 0.15) is 22.8 Å². The molecule has 0 saturated heterocycles. The van der Waals surface area contributed by atoms with E-state index in [1.807, 2.05) is 23.5 Å². The monoisotopic (exact) mass is 282 g/mol. The van der Waals surface area contributed by atoms with Crippen molar-refractivity contribution in [2.45, 2.75) is 25.4 Å². The van der Waals surface area contributed by atoms with Crippen LogP contribution in [0.4, 0.5) is 0 Å². The third-order valence-electron chi connectivity index (χ3n) is 2.72. The van der Waals surface area contributed by atoms with Crippen LogP contribution in [0.3, 0.4) is 0 Å². The van der Waals surface area contributed by atoms with Gasteiger partial charge in [-0.3, -0.25) is 0 Å². The maximum atomic E-state index is 4.29. The summed E-state index contributed by atoms with van der Waals surface area (Å²) >= 11 is 3.87. The lowest BCUT2D eigenvalue weighted by Gasteiger charge is -2.01. The van der Waals surface area contributed by atoms with Crippen LogP contribution in [0.2, 0.25) is 0 Å². The van der Waals surface area contributed by atoms with Crippen LogP contribution >= 0.6 is 23.5 Å². The molecule has 0 unspecified atom stereocenters. The number of aromatic amines is 2. The predicted octanol–water partition coefficient (Wildman–Crippen LogP) is 2.92. The highest BCUT2D eigenvalue weighted by molar-refractivity contribution is 8.02. The molecule has 0 radical (unpaired) electrons. The molecule has 0 saturated carbocycles. The number of aromatic nitrogens is 4. The molecule has 2 rings (SSSR count). The van der Waals surface area contributed by atoms with Crippen LogP contribution < -0.4 is 0 Å². The van der Waals surface area contributed by atoms with Gasteiger partial charge in [-0.1, -0.05) is 0 Å². The molecule has 2 heterocycles. The molecule has 0 amide bonds. The van der Waals surface area contributed by atoms with Crippen LogP contribution in [-0.2, 0) is 11.5 Å². The third kappa shape index (κ3) is 3.81. The van der Waals surface area contributed by atoms with Gasteiger partial charge in [-0.25, -0.2) is 9.97 Å². The first-order chi connectivity index (χ1) is 8.77. The molecule has 0 bridgehead atoms. The zero-order chi connectivity index (χ0) is 12.8. The van der Waals surface area contributed by atoms with E-state index in [2.05, 4.69) is 33.8 Å². The Hall–Kier alpha value is -0.880. The summed E-state index contributed by atoms with van der Waals surface area (Å²) in [6, 6.07) is 0. The molecule has 0 atom stereocenters. The number of thioether (sulfide) groups is 2. The van der Waals surface area contributed by atoms with E-state index in [4.69, 9.17) is 0 Å². The van der Waals surface area contributed by atoms with Crippen molar-refractivity contribution >= 4 is 23.5 Å². The van der Waals surface area contributed by atoms with E-state index in [9.17, 15) is 0 Å². The lowest BCUT2D eigenvalue weighted by molar-refractivity contribution is 1.18. The van der Waals surface area contributed by atoms with Crippen molar-refractivity contribution in [1.29, 1.82) is 0 Å². The van der Waals surface area contributed by atoms with Gasteiger partial charge in [0, 0.05) is 34.4 Å². The summed E-state index contributed by atoms with van der Waals surface area (Å²) < 4.78 is 0. The first-order valence-electron chi connectivity index (χ1n) is 5.90. The molecule has 0 fully saturated rings. The highest BCUT2D eigenvalue weighted by Gasteiger charge is 2.02. The molecule has 2 aromatic rings. The summed E-state index contributed by atoms with van der Waals surface area (Å²) in [6.45, 7) is 4.13. The van der Waals surface area contributed by atoms with Crippen molar-refractivity contribution in [3.8, 4) is 0 Å². The molecule has 0 aromatic carbocycles. The van der Waals surface area contributed by atoms with E-state index >= 15 is 0 Å². The minimum Gasteiger partial charge on any atom is -0.348 e. The molecule has 4 nitrogen and oxygen atoms in total. The second-order valence-electron chi connectivity index (χ2n) is 4.05. The Labute approximate surface area is 116 Å². The van der Waals surface area contributed by atoms with E-state index in [0.717, 1.165) is 23.0 Å². The number of aryl methyl sites for hydroxylation is 2. The van der Waals surface area contributed by atoms with E-state index in [0.29, 0.717) is 0 Å². The van der Waals surface area contributed by atoms with Crippen LogP contribution in [-0.4, -0.2) is 31.4 Å². The quantitative estimate of drug-likeness (QED) is 0.767. The minimum atomic E-state index is 0.997. The SMILES string of the molecule is Cc1[nH]cnc1CSCCSCc1nc[nH]c1C. The number of imidazole rings is 2. The largest absolute Gasteiger partial charge is 0.348 e. The fourth-order valence-electron chi connectivity index (χ4n) is 1.52. The van der Waals surface area contributed by atoms with Crippen molar-refractivity contribution in [3.05, 3.63) is 35.4 Å². The van der Waals surface area contributed by atoms with Crippen LogP contribution in [0.15, 0.2) is 12.7 Å². The van der Waals surface area contributed by atoms with Gasteiger partial charge in [-0.05, 0) is 13.8 Å². The van der Waals surface area contributed by atoms with Crippen molar-refractivity contribution in [2.24, 2.45) is 0 Å². The number of nitrogens with zero attached hydrogens (tertiary/aromatic N) is 2. The highest BCUT2D eigenvalue weighted by atomic mass is 32.2. The fourth-order valence-corrected chi connectivity index (χ4v) is 3.72. The van der Waals surface area contributed by atoms with Gasteiger partial charge in [-0.2, -0.15) is 23.5 Å². The van der Waals surface area contributed by atoms with Crippen molar-refractivity contribution in [1.82, 2.24) is 19.9 Å². The van der Waals surface area contributed by atoms with Crippen molar-refractivity contribution in [3.63, 3.8) is 0 Å². The van der Waals surface area contributed by atoms with Crippen LogP contribution in [0, 0.1) is 13.8 Å². The molecule has 0 aliphatic heterocycles. The van der Waals surface area contributed by atoms with Crippen LogP contribution in [0.5, 0.6) is 0 Å². The molecule has 0 spiro atoms. The normalized spacial score (nSPS) is 11.0. The first kappa shape index (κ1) is 13.5. The van der Waals surface area contributed by atoms with E-state index in [1.54, 1.807) is 12.7 Å². The van der Waals surface area contributed by atoms with E-state index in [-0.39, 0.29) is 0 Å². The lowest BCUT2D eigenvalue weighted by Crippen LogP contribution is -1.91. The Morgan fingerprint density at radius 3 is 1.67 bits per heavy atom. The van der Waals surface area contributed by atoms with Crippen molar-refractivity contribution < 1.29 is 0 Å². The van der Waals surface area contributed by atoms with E-state index in [1.165, 1.54) is 22.8 Å². The van der Waals surface area contributed by atoms with Gasteiger partial charge in [0.2, 0.25) is 0 Å². The van der Waals surface area contributed by atoms with Gasteiger partial charge in [-0.15, -0.1) is 0 Å². The zero-order valence-corrected chi connectivity index (χ0v) is 12.3. The molecular formula is C12H18N4S2. The average Bonchev–Trinajstić information content (AvgIpc) is 2.94. The molecular weight excluding hydrogens is 264 g/mol. The van der Waals surface area contributed by atoms with Gasteiger partial charge in [0.05, 0.1) is 24.0 Å². The highest BCUT2D eigenvalue weighted by Crippen LogP contribution is 2.17. The number of H-pyrrole nitrogens is 2.